The highest BCUT2D eigenvalue weighted by Gasteiger charge is 2.28. The van der Waals surface area contributed by atoms with Crippen molar-refractivity contribution < 1.29 is 19.4 Å². The van der Waals surface area contributed by atoms with Gasteiger partial charge in [0.1, 0.15) is 12.4 Å². The molecule has 3 aromatic rings. The van der Waals surface area contributed by atoms with Gasteiger partial charge < -0.3 is 25.4 Å². The van der Waals surface area contributed by atoms with Crippen LogP contribution in [-0.4, -0.2) is 44.6 Å². The summed E-state index contributed by atoms with van der Waals surface area (Å²) in [6, 6.07) is 6.03. The number of hydrogen-bond donors (Lipinski definition) is 4. The van der Waals surface area contributed by atoms with E-state index in [0.29, 0.717) is 5.82 Å². The van der Waals surface area contributed by atoms with Crippen LogP contribution in [0.5, 0.6) is 11.5 Å². The van der Waals surface area contributed by atoms with E-state index < -0.39 is 0 Å². The molecule has 0 aliphatic carbocycles. The van der Waals surface area contributed by atoms with Crippen molar-refractivity contribution >= 4 is 22.7 Å². The summed E-state index contributed by atoms with van der Waals surface area (Å²) in [6.45, 7) is 2.86. The number of nitrogens with two attached hydrogens (primary N) is 1. The van der Waals surface area contributed by atoms with Crippen LogP contribution in [0.4, 0.5) is 11.6 Å². The first-order valence-corrected chi connectivity index (χ1v) is 9.57. The van der Waals surface area contributed by atoms with Gasteiger partial charge in [0.25, 0.3) is 5.65 Å². The summed E-state index contributed by atoms with van der Waals surface area (Å²) in [5.74, 6) is 3.17. The van der Waals surface area contributed by atoms with Gasteiger partial charge in [0, 0.05) is 12.8 Å². The number of rotatable bonds is 6. The number of likely N-dealkylation sites (N-methyl/N-ethyl adjacent to an activating group) is 1. The largest absolute Gasteiger partial charge is 0.493 e. The lowest BCUT2D eigenvalue weighted by Crippen LogP contribution is -3.08. The first-order valence-electron chi connectivity index (χ1n) is 9.57. The molecule has 0 amide bonds. The molecule has 0 spiro atoms. The Hall–Kier alpha value is -3.00. The summed E-state index contributed by atoms with van der Waals surface area (Å²) < 4.78 is 10.7. The molecule has 0 fully saturated rings. The molecule has 1 unspecified atom stereocenters. The third-order valence-corrected chi connectivity index (χ3v) is 5.45. The Morgan fingerprint density at radius 2 is 2.07 bits per heavy atom. The van der Waals surface area contributed by atoms with E-state index in [0.717, 1.165) is 60.8 Å². The summed E-state index contributed by atoms with van der Waals surface area (Å²) >= 11 is 0. The number of hydrogen-bond acceptors (Lipinski definition) is 5. The Balaban J connectivity index is 1.56. The van der Waals surface area contributed by atoms with Gasteiger partial charge in [-0.25, -0.2) is 4.98 Å². The molecule has 1 aromatic carbocycles. The fraction of sp³-hybridized carbons (Fsp3) is 0.400. The maximum Gasteiger partial charge on any atom is 0.295 e. The Bertz CT molecular complexity index is 1000. The standard InChI is InChI=1S/C20H26N6O2/c1-26-9-7-13-14(11-26)19(23-20-17(13)18(21)24-25-20)22-8-6-12-4-5-15(27-2)16(10-12)28-3/h4-5,10H,6-9,11H2,1-3H3,(H4,21,22,23,24,25)/p+2. The molecule has 4 rings (SSSR count). The SMILES string of the molecule is COc1ccc(CCNc2[nH+]c3n[nH]c(N)c3c3c2C[NH+](C)CC3)cc1OC. The second-order valence-corrected chi connectivity index (χ2v) is 7.32. The minimum atomic E-state index is 0.638. The Morgan fingerprint density at radius 1 is 1.25 bits per heavy atom. The van der Waals surface area contributed by atoms with Gasteiger partial charge in [-0.3, -0.25) is 0 Å². The van der Waals surface area contributed by atoms with Gasteiger partial charge >= 0.3 is 0 Å². The zero-order chi connectivity index (χ0) is 19.7. The molecule has 8 nitrogen and oxygen atoms in total. The van der Waals surface area contributed by atoms with E-state index in [2.05, 4.69) is 33.6 Å². The van der Waals surface area contributed by atoms with Crippen molar-refractivity contribution in [2.24, 2.45) is 0 Å². The molecule has 0 bridgehead atoms. The van der Waals surface area contributed by atoms with Gasteiger partial charge in [0.05, 0.1) is 45.3 Å². The molecule has 0 radical (unpaired) electrons. The number of pyridine rings is 1. The third kappa shape index (κ3) is 3.31. The van der Waals surface area contributed by atoms with Crippen molar-refractivity contribution in [3.05, 3.63) is 34.9 Å². The Labute approximate surface area is 164 Å². The zero-order valence-corrected chi connectivity index (χ0v) is 16.6. The number of aromatic amines is 2. The van der Waals surface area contributed by atoms with Crippen LogP contribution in [0.25, 0.3) is 11.0 Å². The van der Waals surface area contributed by atoms with Crippen molar-refractivity contribution in [3.63, 3.8) is 0 Å². The zero-order valence-electron chi connectivity index (χ0n) is 16.6. The van der Waals surface area contributed by atoms with Crippen LogP contribution >= 0.6 is 0 Å². The number of nitrogens with one attached hydrogen (secondary N) is 4. The molecule has 0 saturated heterocycles. The number of H-pyrrole nitrogens is 2. The van der Waals surface area contributed by atoms with E-state index in [4.69, 9.17) is 15.2 Å². The van der Waals surface area contributed by atoms with Crippen LogP contribution in [0.2, 0.25) is 0 Å². The molecule has 3 heterocycles. The Kier molecular flexibility index (Phi) is 4.95. The summed E-state index contributed by atoms with van der Waals surface area (Å²) in [6.07, 6.45) is 1.87. The number of quaternary nitrogens is 1. The Morgan fingerprint density at radius 3 is 2.86 bits per heavy atom. The molecule has 6 N–H and O–H groups in total. The maximum absolute atomic E-state index is 6.12. The van der Waals surface area contributed by atoms with Crippen LogP contribution in [0.15, 0.2) is 18.2 Å². The number of methoxy groups -OCH3 is 2. The molecular formula is C20H28N6O2+2. The lowest BCUT2D eigenvalue weighted by Gasteiger charge is -2.23. The van der Waals surface area contributed by atoms with E-state index in [1.165, 1.54) is 21.6 Å². The molecule has 1 aliphatic rings. The normalized spacial score (nSPS) is 16.0. The summed E-state index contributed by atoms with van der Waals surface area (Å²) in [4.78, 5) is 4.92. The highest BCUT2D eigenvalue weighted by molar-refractivity contribution is 5.89. The lowest BCUT2D eigenvalue weighted by molar-refractivity contribution is -0.895. The first kappa shape index (κ1) is 18.4. The van der Waals surface area contributed by atoms with Crippen molar-refractivity contribution in [2.75, 3.05) is 45.4 Å². The van der Waals surface area contributed by atoms with E-state index in [-0.39, 0.29) is 0 Å². The van der Waals surface area contributed by atoms with Crippen LogP contribution in [-0.2, 0) is 19.4 Å². The molecule has 2 aromatic heterocycles. The van der Waals surface area contributed by atoms with Gasteiger partial charge in [0.15, 0.2) is 11.5 Å². The van der Waals surface area contributed by atoms with Crippen LogP contribution in [0.3, 0.4) is 0 Å². The van der Waals surface area contributed by atoms with E-state index in [1.807, 2.05) is 12.1 Å². The average Bonchev–Trinajstić information content (AvgIpc) is 3.08. The molecule has 148 valence electrons. The smallest absolute Gasteiger partial charge is 0.295 e. The third-order valence-electron chi connectivity index (χ3n) is 5.45. The number of ether oxygens (including phenoxy) is 2. The van der Waals surface area contributed by atoms with Gasteiger partial charge in [-0.2, -0.15) is 5.10 Å². The molecular weight excluding hydrogens is 356 g/mol. The highest BCUT2D eigenvalue weighted by Crippen LogP contribution is 2.29. The van der Waals surface area contributed by atoms with Crippen molar-refractivity contribution in [3.8, 4) is 11.5 Å². The molecule has 1 aliphatic heterocycles. The van der Waals surface area contributed by atoms with Gasteiger partial charge in [-0.05, 0) is 28.4 Å². The van der Waals surface area contributed by atoms with Gasteiger partial charge in [-0.1, -0.05) is 6.07 Å². The number of fused-ring (bicyclic) bond motifs is 3. The number of anilines is 2. The monoisotopic (exact) mass is 384 g/mol. The second-order valence-electron chi connectivity index (χ2n) is 7.32. The molecule has 8 heteroatoms. The summed E-state index contributed by atoms with van der Waals surface area (Å²) in [7, 11) is 5.53. The lowest BCUT2D eigenvalue weighted by atomic mass is 9.97. The topological polar surface area (TPSA) is 104 Å². The van der Waals surface area contributed by atoms with Crippen LogP contribution < -0.4 is 30.4 Å². The van der Waals surface area contributed by atoms with E-state index in [1.54, 1.807) is 14.2 Å². The molecule has 28 heavy (non-hydrogen) atoms. The van der Waals surface area contributed by atoms with Gasteiger partial charge in [-0.15, -0.1) is 0 Å². The predicted octanol–water partition coefficient (Wildman–Crippen LogP) is 0.202. The fourth-order valence-corrected chi connectivity index (χ4v) is 3.97. The minimum absolute atomic E-state index is 0.638. The quantitative estimate of drug-likeness (QED) is 0.486. The van der Waals surface area contributed by atoms with Crippen molar-refractivity contribution in [1.82, 2.24) is 10.2 Å². The number of nitrogens with zero attached hydrogens (tertiary/aromatic N) is 1. The van der Waals surface area contributed by atoms with Crippen LogP contribution in [0, 0.1) is 0 Å². The van der Waals surface area contributed by atoms with Crippen molar-refractivity contribution in [2.45, 2.75) is 19.4 Å². The number of nitrogen functional groups attached to an aromatic ring is 1. The molecule has 0 saturated carbocycles. The van der Waals surface area contributed by atoms with E-state index >= 15 is 0 Å². The number of benzene rings is 1. The molecule has 1 atom stereocenters. The van der Waals surface area contributed by atoms with Crippen LogP contribution in [0.1, 0.15) is 16.7 Å². The van der Waals surface area contributed by atoms with E-state index in [9.17, 15) is 0 Å². The van der Waals surface area contributed by atoms with Gasteiger partial charge in [0.2, 0.25) is 5.82 Å². The number of aromatic nitrogens is 3. The maximum atomic E-state index is 6.12. The predicted molar refractivity (Wildman–Crippen MR) is 108 cm³/mol. The highest BCUT2D eigenvalue weighted by atomic mass is 16.5. The fourth-order valence-electron chi connectivity index (χ4n) is 3.97. The second kappa shape index (κ2) is 7.55. The summed E-state index contributed by atoms with van der Waals surface area (Å²) in [5.41, 5.74) is 10.7. The minimum Gasteiger partial charge on any atom is -0.493 e. The summed E-state index contributed by atoms with van der Waals surface area (Å²) in [5, 5.41) is 11.8. The first-order chi connectivity index (χ1) is 13.6. The average molecular weight is 384 g/mol. The van der Waals surface area contributed by atoms with Crippen molar-refractivity contribution in [1.29, 1.82) is 0 Å².